The summed E-state index contributed by atoms with van der Waals surface area (Å²) in [5, 5.41) is 3.40. The second-order valence-electron chi connectivity index (χ2n) is 4.93. The summed E-state index contributed by atoms with van der Waals surface area (Å²) >= 11 is 0. The van der Waals surface area contributed by atoms with E-state index in [2.05, 4.69) is 24.1 Å². The van der Waals surface area contributed by atoms with Crippen LogP contribution in [-0.2, 0) is 4.74 Å². The molecular formula is C13H28N2O. The maximum absolute atomic E-state index is 5.23. The Bertz CT molecular complexity index is 167. The molecule has 0 radical (unpaired) electrons. The molecule has 0 aromatic rings. The lowest BCUT2D eigenvalue weighted by Gasteiger charge is -2.36. The fourth-order valence-corrected chi connectivity index (χ4v) is 2.47. The Hall–Kier alpha value is -0.120. The van der Waals surface area contributed by atoms with E-state index in [1.54, 1.807) is 0 Å². The first-order valence-corrected chi connectivity index (χ1v) is 6.71. The first-order valence-electron chi connectivity index (χ1n) is 6.71. The zero-order chi connectivity index (χ0) is 11.8. The molecule has 0 saturated carbocycles. The zero-order valence-corrected chi connectivity index (χ0v) is 11.2. The van der Waals surface area contributed by atoms with E-state index in [0.29, 0.717) is 0 Å². The monoisotopic (exact) mass is 228 g/mol. The van der Waals surface area contributed by atoms with Gasteiger partial charge in [0.15, 0.2) is 0 Å². The van der Waals surface area contributed by atoms with Crippen LogP contribution < -0.4 is 5.32 Å². The number of methoxy groups -OCH3 is 1. The molecule has 96 valence electrons. The van der Waals surface area contributed by atoms with Crippen molar-refractivity contribution in [1.29, 1.82) is 0 Å². The molecule has 3 heteroatoms. The van der Waals surface area contributed by atoms with Gasteiger partial charge in [0.1, 0.15) is 0 Å². The topological polar surface area (TPSA) is 24.5 Å². The minimum atomic E-state index is 0.725. The second-order valence-corrected chi connectivity index (χ2v) is 4.93. The number of hydrogen-bond acceptors (Lipinski definition) is 3. The zero-order valence-electron chi connectivity index (χ0n) is 11.2. The summed E-state index contributed by atoms with van der Waals surface area (Å²) in [7, 11) is 1.81. The SMILES string of the molecule is CCNCCC(C)N1CCC(COC)CC1. The van der Waals surface area contributed by atoms with Crippen LogP contribution in [0.3, 0.4) is 0 Å². The molecule has 1 N–H and O–H groups in total. The van der Waals surface area contributed by atoms with Crippen molar-refractivity contribution < 1.29 is 4.74 Å². The van der Waals surface area contributed by atoms with Crippen molar-refractivity contribution in [2.75, 3.05) is 39.9 Å². The van der Waals surface area contributed by atoms with Crippen LogP contribution in [0, 0.1) is 5.92 Å². The molecule has 1 aliphatic heterocycles. The third kappa shape index (κ3) is 4.81. The van der Waals surface area contributed by atoms with E-state index in [9.17, 15) is 0 Å². The van der Waals surface area contributed by atoms with Crippen molar-refractivity contribution in [2.24, 2.45) is 5.92 Å². The van der Waals surface area contributed by atoms with Crippen LogP contribution in [-0.4, -0.2) is 50.8 Å². The second kappa shape index (κ2) is 8.04. The normalized spacial score (nSPS) is 21.2. The summed E-state index contributed by atoms with van der Waals surface area (Å²) in [5.74, 6) is 0.794. The molecule has 1 atom stereocenters. The average molecular weight is 228 g/mol. The molecule has 0 spiro atoms. The van der Waals surface area contributed by atoms with Gasteiger partial charge >= 0.3 is 0 Å². The predicted octanol–water partition coefficient (Wildman–Crippen LogP) is 1.73. The average Bonchev–Trinajstić information content (AvgIpc) is 2.30. The highest BCUT2D eigenvalue weighted by Gasteiger charge is 2.22. The van der Waals surface area contributed by atoms with Gasteiger partial charge in [-0.2, -0.15) is 0 Å². The first kappa shape index (κ1) is 13.9. The number of nitrogens with zero attached hydrogens (tertiary/aromatic N) is 1. The molecule has 1 aliphatic rings. The molecule has 1 fully saturated rings. The first-order chi connectivity index (χ1) is 7.77. The molecule has 0 bridgehead atoms. The van der Waals surface area contributed by atoms with Gasteiger partial charge in [0, 0.05) is 19.8 Å². The molecule has 0 aromatic heterocycles. The molecule has 0 aliphatic carbocycles. The van der Waals surface area contributed by atoms with Crippen LogP contribution in [0.2, 0.25) is 0 Å². The molecule has 0 amide bonds. The van der Waals surface area contributed by atoms with Crippen molar-refractivity contribution in [3.05, 3.63) is 0 Å². The third-order valence-electron chi connectivity index (χ3n) is 3.66. The quantitative estimate of drug-likeness (QED) is 0.672. The van der Waals surface area contributed by atoms with Crippen molar-refractivity contribution in [1.82, 2.24) is 10.2 Å². The third-order valence-corrected chi connectivity index (χ3v) is 3.66. The Kier molecular flexibility index (Phi) is 7.01. The fourth-order valence-electron chi connectivity index (χ4n) is 2.47. The van der Waals surface area contributed by atoms with E-state index < -0.39 is 0 Å². The van der Waals surface area contributed by atoms with E-state index in [4.69, 9.17) is 4.74 Å². The van der Waals surface area contributed by atoms with E-state index in [-0.39, 0.29) is 0 Å². The largest absolute Gasteiger partial charge is 0.384 e. The molecule has 16 heavy (non-hydrogen) atoms. The Labute approximate surface area is 101 Å². The van der Waals surface area contributed by atoms with Crippen LogP contribution in [0.5, 0.6) is 0 Å². The van der Waals surface area contributed by atoms with Gasteiger partial charge in [0.05, 0.1) is 0 Å². The highest BCUT2D eigenvalue weighted by atomic mass is 16.5. The number of likely N-dealkylation sites (tertiary alicyclic amines) is 1. The maximum atomic E-state index is 5.23. The summed E-state index contributed by atoms with van der Waals surface area (Å²) < 4.78 is 5.23. The molecule has 1 rings (SSSR count). The summed E-state index contributed by atoms with van der Waals surface area (Å²) in [4.78, 5) is 2.63. The molecule has 0 aromatic carbocycles. The van der Waals surface area contributed by atoms with Crippen molar-refractivity contribution in [3.63, 3.8) is 0 Å². The Morgan fingerprint density at radius 3 is 2.62 bits per heavy atom. The number of hydrogen-bond donors (Lipinski definition) is 1. The van der Waals surface area contributed by atoms with Crippen molar-refractivity contribution >= 4 is 0 Å². The lowest BCUT2D eigenvalue weighted by molar-refractivity contribution is 0.0814. The lowest BCUT2D eigenvalue weighted by atomic mass is 9.96. The van der Waals surface area contributed by atoms with Gasteiger partial charge in [-0.25, -0.2) is 0 Å². The highest BCUT2D eigenvalue weighted by molar-refractivity contribution is 4.76. The van der Waals surface area contributed by atoms with E-state index in [1.807, 2.05) is 7.11 Å². The minimum absolute atomic E-state index is 0.725. The van der Waals surface area contributed by atoms with E-state index in [1.165, 1.54) is 32.4 Å². The summed E-state index contributed by atoms with van der Waals surface area (Å²) in [5.41, 5.74) is 0. The molecular weight excluding hydrogens is 200 g/mol. The van der Waals surface area contributed by atoms with Crippen LogP contribution in [0.15, 0.2) is 0 Å². The molecule has 1 saturated heterocycles. The fraction of sp³-hybridized carbons (Fsp3) is 1.00. The van der Waals surface area contributed by atoms with Crippen LogP contribution in [0.1, 0.15) is 33.1 Å². The number of nitrogens with one attached hydrogen (secondary N) is 1. The minimum Gasteiger partial charge on any atom is -0.384 e. The summed E-state index contributed by atoms with van der Waals surface area (Å²) in [6, 6.07) is 0.725. The van der Waals surface area contributed by atoms with Crippen molar-refractivity contribution in [3.8, 4) is 0 Å². The lowest BCUT2D eigenvalue weighted by Crippen LogP contribution is -2.41. The summed E-state index contributed by atoms with van der Waals surface area (Å²) in [6.07, 6.45) is 3.88. The maximum Gasteiger partial charge on any atom is 0.0491 e. The van der Waals surface area contributed by atoms with Crippen molar-refractivity contribution in [2.45, 2.75) is 39.2 Å². The van der Waals surface area contributed by atoms with E-state index in [0.717, 1.165) is 31.7 Å². The smallest absolute Gasteiger partial charge is 0.0491 e. The number of ether oxygens (including phenoxy) is 1. The van der Waals surface area contributed by atoms with Crippen LogP contribution in [0.4, 0.5) is 0 Å². The molecule has 1 unspecified atom stereocenters. The number of piperidine rings is 1. The Balaban J connectivity index is 2.14. The van der Waals surface area contributed by atoms with Gasteiger partial charge in [0.2, 0.25) is 0 Å². The van der Waals surface area contributed by atoms with E-state index >= 15 is 0 Å². The van der Waals surface area contributed by atoms with Gasteiger partial charge in [-0.1, -0.05) is 6.92 Å². The predicted molar refractivity (Wildman–Crippen MR) is 68.8 cm³/mol. The van der Waals surface area contributed by atoms with Gasteiger partial charge in [-0.05, 0) is 58.3 Å². The van der Waals surface area contributed by atoms with Crippen LogP contribution >= 0.6 is 0 Å². The van der Waals surface area contributed by atoms with Gasteiger partial charge in [-0.15, -0.1) is 0 Å². The Morgan fingerprint density at radius 1 is 1.38 bits per heavy atom. The standard InChI is InChI=1S/C13H28N2O/c1-4-14-8-5-12(2)15-9-6-13(7-10-15)11-16-3/h12-14H,4-11H2,1-3H3. The van der Waals surface area contributed by atoms with Gasteiger partial charge in [-0.3, -0.25) is 0 Å². The van der Waals surface area contributed by atoms with Gasteiger partial charge in [0.25, 0.3) is 0 Å². The Morgan fingerprint density at radius 2 is 2.06 bits per heavy atom. The van der Waals surface area contributed by atoms with Gasteiger partial charge < -0.3 is 15.0 Å². The number of rotatable bonds is 7. The molecule has 3 nitrogen and oxygen atoms in total. The summed E-state index contributed by atoms with van der Waals surface area (Å²) in [6.45, 7) is 10.2. The van der Waals surface area contributed by atoms with Crippen LogP contribution in [0.25, 0.3) is 0 Å². The highest BCUT2D eigenvalue weighted by Crippen LogP contribution is 2.19. The molecule has 1 heterocycles.